The van der Waals surface area contributed by atoms with E-state index in [9.17, 15) is 0 Å². The molecule has 2 rings (SSSR count). The Balaban J connectivity index is 2.20. The van der Waals surface area contributed by atoms with Crippen LogP contribution in [0, 0.1) is 0 Å². The number of para-hydroxylation sites is 1. The van der Waals surface area contributed by atoms with Crippen LogP contribution in [0.2, 0.25) is 0 Å². The van der Waals surface area contributed by atoms with Gasteiger partial charge in [-0.05, 0) is 44.5 Å². The Morgan fingerprint density at radius 3 is 2.62 bits per heavy atom. The van der Waals surface area contributed by atoms with Crippen LogP contribution in [-0.2, 0) is 6.54 Å². The Labute approximate surface area is 131 Å². The van der Waals surface area contributed by atoms with Gasteiger partial charge in [0.05, 0.1) is 12.0 Å². The first-order chi connectivity index (χ1) is 9.99. The van der Waals surface area contributed by atoms with E-state index in [0.717, 1.165) is 22.2 Å². The number of rotatable bonds is 5. The van der Waals surface area contributed by atoms with Crippen LogP contribution in [0.25, 0.3) is 0 Å². The van der Waals surface area contributed by atoms with Crippen molar-refractivity contribution in [3.63, 3.8) is 0 Å². The molecule has 0 amide bonds. The topological polar surface area (TPSA) is 34.1 Å². The Kier molecular flexibility index (Phi) is 5.26. The maximum Gasteiger partial charge on any atom is 0.132 e. The van der Waals surface area contributed by atoms with Gasteiger partial charge in [0, 0.05) is 18.3 Å². The molecular weight excluding hydrogens is 280 g/mol. The molecule has 0 spiro atoms. The van der Waals surface area contributed by atoms with E-state index in [2.05, 4.69) is 43.2 Å². The SMILES string of the molecule is COc1ccccc1Sc1ncccc1CNC(C)(C)C. The summed E-state index contributed by atoms with van der Waals surface area (Å²) >= 11 is 1.64. The average Bonchev–Trinajstić information content (AvgIpc) is 2.46. The molecular formula is C17H22N2OS. The lowest BCUT2D eigenvalue weighted by Gasteiger charge is -2.21. The predicted octanol–water partition coefficient (Wildman–Crippen LogP) is 4.13. The highest BCUT2D eigenvalue weighted by Gasteiger charge is 2.12. The van der Waals surface area contributed by atoms with E-state index in [1.165, 1.54) is 5.56 Å². The third kappa shape index (κ3) is 4.76. The van der Waals surface area contributed by atoms with Gasteiger partial charge in [0.25, 0.3) is 0 Å². The maximum absolute atomic E-state index is 5.41. The Hall–Kier alpha value is -1.52. The van der Waals surface area contributed by atoms with Crippen molar-refractivity contribution in [1.29, 1.82) is 0 Å². The van der Waals surface area contributed by atoms with E-state index in [-0.39, 0.29) is 5.54 Å². The van der Waals surface area contributed by atoms with Crippen molar-refractivity contribution in [1.82, 2.24) is 10.3 Å². The largest absolute Gasteiger partial charge is 0.496 e. The third-order valence-corrected chi connectivity index (χ3v) is 4.05. The summed E-state index contributed by atoms with van der Waals surface area (Å²) in [5, 5.41) is 4.52. The van der Waals surface area contributed by atoms with Gasteiger partial charge in [-0.25, -0.2) is 4.98 Å². The highest BCUT2D eigenvalue weighted by atomic mass is 32.2. The first-order valence-corrected chi connectivity index (χ1v) is 7.81. The van der Waals surface area contributed by atoms with Gasteiger partial charge in [0.15, 0.2) is 0 Å². The van der Waals surface area contributed by atoms with Crippen LogP contribution in [0.15, 0.2) is 52.5 Å². The molecule has 0 fully saturated rings. The molecule has 0 aliphatic carbocycles. The zero-order valence-electron chi connectivity index (χ0n) is 13.0. The molecule has 21 heavy (non-hydrogen) atoms. The lowest BCUT2D eigenvalue weighted by atomic mass is 10.1. The second kappa shape index (κ2) is 6.96. The van der Waals surface area contributed by atoms with Crippen molar-refractivity contribution in [2.75, 3.05) is 7.11 Å². The minimum absolute atomic E-state index is 0.0855. The molecule has 3 nitrogen and oxygen atoms in total. The molecule has 0 atom stereocenters. The molecule has 0 bridgehead atoms. The fourth-order valence-corrected chi connectivity index (χ4v) is 2.81. The standard InChI is InChI=1S/C17H22N2OS/c1-17(2,3)19-12-13-8-7-11-18-16(13)21-15-10-6-5-9-14(15)20-4/h5-11,19H,12H2,1-4H3. The first kappa shape index (κ1) is 15.9. The van der Waals surface area contributed by atoms with E-state index in [0.29, 0.717) is 0 Å². The van der Waals surface area contributed by atoms with Crippen molar-refractivity contribution < 1.29 is 4.74 Å². The minimum atomic E-state index is 0.0855. The summed E-state index contributed by atoms with van der Waals surface area (Å²) in [4.78, 5) is 5.60. The van der Waals surface area contributed by atoms with Crippen molar-refractivity contribution in [3.8, 4) is 5.75 Å². The van der Waals surface area contributed by atoms with Crippen molar-refractivity contribution in [3.05, 3.63) is 48.2 Å². The van der Waals surface area contributed by atoms with Gasteiger partial charge in [-0.3, -0.25) is 0 Å². The minimum Gasteiger partial charge on any atom is -0.496 e. The van der Waals surface area contributed by atoms with Gasteiger partial charge in [-0.2, -0.15) is 0 Å². The molecule has 0 aliphatic heterocycles. The van der Waals surface area contributed by atoms with E-state index >= 15 is 0 Å². The normalized spacial score (nSPS) is 11.4. The highest BCUT2D eigenvalue weighted by molar-refractivity contribution is 7.99. The zero-order valence-corrected chi connectivity index (χ0v) is 13.8. The van der Waals surface area contributed by atoms with Crippen LogP contribution in [0.4, 0.5) is 0 Å². The smallest absolute Gasteiger partial charge is 0.132 e. The molecule has 112 valence electrons. The monoisotopic (exact) mass is 302 g/mol. The quantitative estimate of drug-likeness (QED) is 0.900. The average molecular weight is 302 g/mol. The van der Waals surface area contributed by atoms with Crippen LogP contribution in [0.1, 0.15) is 26.3 Å². The second-order valence-electron chi connectivity index (χ2n) is 5.82. The summed E-state index contributed by atoms with van der Waals surface area (Å²) in [5.41, 5.74) is 1.28. The number of nitrogens with zero attached hydrogens (tertiary/aromatic N) is 1. The summed E-state index contributed by atoms with van der Waals surface area (Å²) in [7, 11) is 1.69. The summed E-state index contributed by atoms with van der Waals surface area (Å²) in [6, 6.07) is 12.1. The van der Waals surface area contributed by atoms with Crippen molar-refractivity contribution in [2.45, 2.75) is 42.8 Å². The van der Waals surface area contributed by atoms with Gasteiger partial charge in [0.1, 0.15) is 10.8 Å². The summed E-state index contributed by atoms with van der Waals surface area (Å²) < 4.78 is 5.41. The van der Waals surface area contributed by atoms with E-state index < -0.39 is 0 Å². The summed E-state index contributed by atoms with van der Waals surface area (Å²) in [5.74, 6) is 0.878. The van der Waals surface area contributed by atoms with Crippen LogP contribution in [-0.4, -0.2) is 17.6 Å². The molecule has 0 unspecified atom stereocenters. The van der Waals surface area contributed by atoms with E-state index in [1.807, 2.05) is 30.5 Å². The third-order valence-electron chi connectivity index (χ3n) is 2.93. The molecule has 1 aromatic carbocycles. The van der Waals surface area contributed by atoms with Gasteiger partial charge < -0.3 is 10.1 Å². The molecule has 1 N–H and O–H groups in total. The molecule has 0 radical (unpaired) electrons. The maximum atomic E-state index is 5.41. The molecule has 0 aliphatic rings. The highest BCUT2D eigenvalue weighted by Crippen LogP contribution is 2.35. The number of methoxy groups -OCH3 is 1. The lowest BCUT2D eigenvalue weighted by molar-refractivity contribution is 0.404. The number of hydrogen-bond acceptors (Lipinski definition) is 4. The van der Waals surface area contributed by atoms with E-state index in [4.69, 9.17) is 4.74 Å². The first-order valence-electron chi connectivity index (χ1n) is 6.99. The Morgan fingerprint density at radius 2 is 1.90 bits per heavy atom. The number of nitrogens with one attached hydrogen (secondary N) is 1. The molecule has 4 heteroatoms. The number of aromatic nitrogens is 1. The molecule has 0 saturated carbocycles. The van der Waals surface area contributed by atoms with Gasteiger partial charge in [0.2, 0.25) is 0 Å². The Morgan fingerprint density at radius 1 is 1.14 bits per heavy atom. The molecule has 1 aromatic heterocycles. The van der Waals surface area contributed by atoms with Gasteiger partial charge >= 0.3 is 0 Å². The molecule has 1 heterocycles. The van der Waals surface area contributed by atoms with Gasteiger partial charge in [-0.15, -0.1) is 0 Å². The van der Waals surface area contributed by atoms with Crippen LogP contribution in [0.5, 0.6) is 5.75 Å². The van der Waals surface area contributed by atoms with Crippen LogP contribution >= 0.6 is 11.8 Å². The van der Waals surface area contributed by atoms with E-state index in [1.54, 1.807) is 18.9 Å². The fraction of sp³-hybridized carbons (Fsp3) is 0.353. The van der Waals surface area contributed by atoms with Crippen molar-refractivity contribution >= 4 is 11.8 Å². The number of hydrogen-bond donors (Lipinski definition) is 1. The Bertz CT molecular complexity index is 593. The number of benzene rings is 1. The van der Waals surface area contributed by atoms with Crippen LogP contribution in [0.3, 0.4) is 0 Å². The lowest BCUT2D eigenvalue weighted by Crippen LogP contribution is -2.35. The van der Waals surface area contributed by atoms with Crippen molar-refractivity contribution in [2.24, 2.45) is 0 Å². The predicted molar refractivity (Wildman–Crippen MR) is 87.9 cm³/mol. The summed E-state index contributed by atoms with van der Waals surface area (Å²) in [6.45, 7) is 7.29. The van der Waals surface area contributed by atoms with Crippen LogP contribution < -0.4 is 10.1 Å². The molecule has 0 saturated heterocycles. The molecule has 2 aromatic rings. The fourth-order valence-electron chi connectivity index (χ4n) is 1.82. The summed E-state index contributed by atoms with van der Waals surface area (Å²) in [6.07, 6.45) is 1.83. The zero-order chi connectivity index (χ0) is 15.3. The number of pyridine rings is 1. The van der Waals surface area contributed by atoms with Gasteiger partial charge in [-0.1, -0.05) is 30.0 Å². The second-order valence-corrected chi connectivity index (χ2v) is 6.85. The number of ether oxygens (including phenoxy) is 1.